The highest BCUT2D eigenvalue weighted by atomic mass is 16.5. The highest BCUT2D eigenvalue weighted by Gasteiger charge is 2.25. The van der Waals surface area contributed by atoms with Gasteiger partial charge in [-0.25, -0.2) is 0 Å². The normalized spacial score (nSPS) is 16.8. The van der Waals surface area contributed by atoms with E-state index in [1.807, 2.05) is 24.0 Å². The van der Waals surface area contributed by atoms with Gasteiger partial charge in [-0.2, -0.15) is 0 Å². The number of piperidine rings is 1. The molecule has 1 aromatic rings. The molecule has 0 unspecified atom stereocenters. The van der Waals surface area contributed by atoms with Crippen LogP contribution in [0.3, 0.4) is 0 Å². The third-order valence-electron chi connectivity index (χ3n) is 3.52. The van der Waals surface area contributed by atoms with Gasteiger partial charge < -0.3 is 9.64 Å². The molecule has 2 rings (SSSR count). The second-order valence-corrected chi connectivity index (χ2v) is 4.69. The van der Waals surface area contributed by atoms with Crippen LogP contribution >= 0.6 is 0 Å². The first-order valence-electron chi connectivity index (χ1n) is 6.66. The molecule has 102 valence electrons. The molecule has 0 N–H and O–H groups in total. The van der Waals surface area contributed by atoms with Crippen LogP contribution in [0.4, 0.5) is 0 Å². The quantitative estimate of drug-likeness (QED) is 0.784. The van der Waals surface area contributed by atoms with Crippen LogP contribution in [-0.2, 0) is 4.79 Å². The molecule has 0 aromatic carbocycles. The smallest absolute Gasteiger partial charge is 0.246 e. The molecular formula is C15H20N2O2. The monoisotopic (exact) mass is 260 g/mol. The molecule has 1 aliphatic heterocycles. The van der Waals surface area contributed by atoms with Crippen molar-refractivity contribution in [3.05, 3.63) is 36.2 Å². The van der Waals surface area contributed by atoms with Crippen LogP contribution in [-0.4, -0.2) is 36.0 Å². The van der Waals surface area contributed by atoms with Crippen LogP contribution in [0.2, 0.25) is 0 Å². The van der Waals surface area contributed by atoms with Crippen molar-refractivity contribution in [2.24, 2.45) is 0 Å². The van der Waals surface area contributed by atoms with Gasteiger partial charge in [0.25, 0.3) is 0 Å². The molecule has 1 saturated heterocycles. The minimum atomic E-state index is 0.105. The second-order valence-electron chi connectivity index (χ2n) is 4.69. The molecule has 1 amide bonds. The van der Waals surface area contributed by atoms with Gasteiger partial charge in [0.15, 0.2) is 0 Å². The van der Waals surface area contributed by atoms with E-state index in [1.165, 1.54) is 0 Å². The third kappa shape index (κ3) is 3.13. The molecule has 0 bridgehead atoms. The van der Waals surface area contributed by atoms with E-state index < -0.39 is 0 Å². The first kappa shape index (κ1) is 13.6. The van der Waals surface area contributed by atoms with E-state index >= 15 is 0 Å². The molecular weight excluding hydrogens is 240 g/mol. The van der Waals surface area contributed by atoms with Gasteiger partial charge in [0.1, 0.15) is 5.75 Å². The van der Waals surface area contributed by atoms with E-state index in [9.17, 15) is 4.79 Å². The molecule has 1 aromatic heterocycles. The number of pyridine rings is 1. The van der Waals surface area contributed by atoms with Crippen molar-refractivity contribution in [3.63, 3.8) is 0 Å². The van der Waals surface area contributed by atoms with Gasteiger partial charge in [-0.1, -0.05) is 6.08 Å². The first-order chi connectivity index (χ1) is 9.26. The Hall–Kier alpha value is -1.84. The predicted molar refractivity (Wildman–Crippen MR) is 74.2 cm³/mol. The number of likely N-dealkylation sites (tertiary alicyclic amines) is 1. The topological polar surface area (TPSA) is 42.4 Å². The summed E-state index contributed by atoms with van der Waals surface area (Å²) in [5, 5.41) is 0. The molecule has 0 aliphatic carbocycles. The Morgan fingerprint density at radius 2 is 2.21 bits per heavy atom. The largest absolute Gasteiger partial charge is 0.495 e. The average Bonchev–Trinajstić information content (AvgIpc) is 2.47. The van der Waals surface area contributed by atoms with E-state index in [2.05, 4.69) is 4.98 Å². The SMILES string of the molecule is C/C=C/C(=O)N1CCC(c2ncccc2OC)CC1. The third-order valence-corrected chi connectivity index (χ3v) is 3.52. The fourth-order valence-electron chi connectivity index (χ4n) is 2.50. The van der Waals surface area contributed by atoms with E-state index in [1.54, 1.807) is 25.5 Å². The molecule has 4 heteroatoms. The summed E-state index contributed by atoms with van der Waals surface area (Å²) < 4.78 is 5.36. The van der Waals surface area contributed by atoms with Gasteiger partial charge in [0, 0.05) is 25.2 Å². The average molecular weight is 260 g/mol. The Morgan fingerprint density at radius 1 is 1.47 bits per heavy atom. The number of carbonyl (C=O) groups excluding carboxylic acids is 1. The molecule has 0 radical (unpaired) electrons. The van der Waals surface area contributed by atoms with Crippen LogP contribution in [0.5, 0.6) is 5.75 Å². The highest BCUT2D eigenvalue weighted by Crippen LogP contribution is 2.32. The van der Waals surface area contributed by atoms with Crippen molar-refractivity contribution in [1.29, 1.82) is 0 Å². The maximum Gasteiger partial charge on any atom is 0.246 e. The van der Waals surface area contributed by atoms with Crippen molar-refractivity contribution < 1.29 is 9.53 Å². The molecule has 0 atom stereocenters. The number of hydrogen-bond acceptors (Lipinski definition) is 3. The number of hydrogen-bond donors (Lipinski definition) is 0. The van der Waals surface area contributed by atoms with E-state index in [0.717, 1.165) is 37.4 Å². The highest BCUT2D eigenvalue weighted by molar-refractivity contribution is 5.87. The van der Waals surface area contributed by atoms with Gasteiger partial charge in [0.2, 0.25) is 5.91 Å². The first-order valence-corrected chi connectivity index (χ1v) is 6.66. The summed E-state index contributed by atoms with van der Waals surface area (Å²) in [6.45, 7) is 3.44. The van der Waals surface area contributed by atoms with Crippen LogP contribution < -0.4 is 4.74 Å². The van der Waals surface area contributed by atoms with Crippen molar-refractivity contribution in [2.75, 3.05) is 20.2 Å². The fourth-order valence-corrected chi connectivity index (χ4v) is 2.50. The summed E-state index contributed by atoms with van der Waals surface area (Å²) in [4.78, 5) is 18.1. The van der Waals surface area contributed by atoms with Gasteiger partial charge in [0.05, 0.1) is 12.8 Å². The lowest BCUT2D eigenvalue weighted by Crippen LogP contribution is -2.37. The van der Waals surface area contributed by atoms with Crippen LogP contribution in [0.15, 0.2) is 30.5 Å². The van der Waals surface area contributed by atoms with Gasteiger partial charge in [-0.3, -0.25) is 9.78 Å². The lowest BCUT2D eigenvalue weighted by Gasteiger charge is -2.31. The Kier molecular flexibility index (Phi) is 4.55. The van der Waals surface area contributed by atoms with Crippen molar-refractivity contribution in [3.8, 4) is 5.75 Å². The predicted octanol–water partition coefficient (Wildman–Crippen LogP) is 2.37. The zero-order valence-electron chi connectivity index (χ0n) is 11.5. The van der Waals surface area contributed by atoms with Gasteiger partial charge >= 0.3 is 0 Å². The summed E-state index contributed by atoms with van der Waals surface area (Å²) in [5.41, 5.74) is 1.02. The number of methoxy groups -OCH3 is 1. The summed E-state index contributed by atoms with van der Waals surface area (Å²) in [6.07, 6.45) is 7.10. The van der Waals surface area contributed by atoms with Gasteiger partial charge in [-0.05, 0) is 38.0 Å². The Balaban J connectivity index is 2.02. The molecule has 0 spiro atoms. The number of carbonyl (C=O) groups is 1. The van der Waals surface area contributed by atoms with Crippen LogP contribution in [0.1, 0.15) is 31.4 Å². The number of rotatable bonds is 3. The minimum absolute atomic E-state index is 0.105. The van der Waals surface area contributed by atoms with E-state index in [0.29, 0.717) is 5.92 Å². The zero-order chi connectivity index (χ0) is 13.7. The Labute approximate surface area is 114 Å². The van der Waals surface area contributed by atoms with Gasteiger partial charge in [-0.15, -0.1) is 0 Å². The molecule has 4 nitrogen and oxygen atoms in total. The zero-order valence-corrected chi connectivity index (χ0v) is 11.5. The summed E-state index contributed by atoms with van der Waals surface area (Å²) >= 11 is 0. The standard InChI is InChI=1S/C15H20N2O2/c1-3-5-14(18)17-10-7-12(8-11-17)15-13(19-2)6-4-9-16-15/h3-6,9,12H,7-8,10-11H2,1-2H3/b5-3+. The molecule has 1 fully saturated rings. The molecule has 1 aliphatic rings. The van der Waals surface area contributed by atoms with E-state index in [4.69, 9.17) is 4.74 Å². The van der Waals surface area contributed by atoms with Crippen LogP contribution in [0, 0.1) is 0 Å². The lowest BCUT2D eigenvalue weighted by atomic mass is 9.92. The fraction of sp³-hybridized carbons (Fsp3) is 0.467. The van der Waals surface area contributed by atoms with Crippen LogP contribution in [0.25, 0.3) is 0 Å². The maximum absolute atomic E-state index is 11.8. The number of ether oxygens (including phenoxy) is 1. The number of allylic oxidation sites excluding steroid dienone is 1. The Bertz CT molecular complexity index is 463. The number of aromatic nitrogens is 1. The molecule has 0 saturated carbocycles. The second kappa shape index (κ2) is 6.36. The number of amides is 1. The molecule has 2 heterocycles. The minimum Gasteiger partial charge on any atom is -0.495 e. The maximum atomic E-state index is 11.8. The Morgan fingerprint density at radius 3 is 2.84 bits per heavy atom. The summed E-state index contributed by atoms with van der Waals surface area (Å²) in [5.74, 6) is 1.33. The van der Waals surface area contributed by atoms with Crippen molar-refractivity contribution >= 4 is 5.91 Å². The summed E-state index contributed by atoms with van der Waals surface area (Å²) in [6, 6.07) is 3.83. The lowest BCUT2D eigenvalue weighted by molar-refractivity contribution is -0.127. The van der Waals surface area contributed by atoms with Crippen molar-refractivity contribution in [2.45, 2.75) is 25.7 Å². The van der Waals surface area contributed by atoms with Crippen molar-refractivity contribution in [1.82, 2.24) is 9.88 Å². The van der Waals surface area contributed by atoms with E-state index in [-0.39, 0.29) is 5.91 Å². The summed E-state index contributed by atoms with van der Waals surface area (Å²) in [7, 11) is 1.67. The number of nitrogens with zero attached hydrogens (tertiary/aromatic N) is 2. The molecule has 19 heavy (non-hydrogen) atoms.